The zero-order valence-corrected chi connectivity index (χ0v) is 10.3. The summed E-state index contributed by atoms with van der Waals surface area (Å²) in [5.74, 6) is -0.627. The number of ether oxygens (including phenoxy) is 2. The molecule has 0 saturated carbocycles. The van der Waals surface area contributed by atoms with E-state index in [4.69, 9.17) is 9.47 Å². The van der Waals surface area contributed by atoms with Gasteiger partial charge in [0.05, 0.1) is 24.5 Å². The van der Waals surface area contributed by atoms with Gasteiger partial charge in [0.15, 0.2) is 11.5 Å². The summed E-state index contributed by atoms with van der Waals surface area (Å²) < 4.78 is 34.0. The Kier molecular flexibility index (Phi) is 3.04. The van der Waals surface area contributed by atoms with Gasteiger partial charge in [-0.05, 0) is 12.1 Å². The van der Waals surface area contributed by atoms with Crippen LogP contribution in [0.2, 0.25) is 0 Å². The second-order valence-corrected chi connectivity index (χ2v) is 5.59. The van der Waals surface area contributed by atoms with E-state index in [0.29, 0.717) is 11.5 Å². The van der Waals surface area contributed by atoms with Crippen LogP contribution in [-0.2, 0) is 14.8 Å². The molecule has 0 saturated heterocycles. The third-order valence-corrected chi connectivity index (χ3v) is 3.46. The fourth-order valence-corrected chi connectivity index (χ4v) is 2.39. The van der Waals surface area contributed by atoms with E-state index in [9.17, 15) is 18.3 Å². The molecule has 0 aliphatic carbocycles. The summed E-state index contributed by atoms with van der Waals surface area (Å²) in [6.45, 7) is -0.698. The van der Waals surface area contributed by atoms with Crippen LogP contribution in [0.4, 0.5) is 5.69 Å². The van der Waals surface area contributed by atoms with Gasteiger partial charge in [0.25, 0.3) is 0 Å². The van der Waals surface area contributed by atoms with E-state index >= 15 is 0 Å². The van der Waals surface area contributed by atoms with Gasteiger partial charge in [-0.15, -0.1) is 0 Å². The van der Waals surface area contributed by atoms with E-state index in [2.05, 4.69) is 0 Å². The smallest absolute Gasteiger partial charge is 0.232 e. The van der Waals surface area contributed by atoms with Crippen LogP contribution in [0.15, 0.2) is 18.2 Å². The topological polar surface area (TPSA) is 96.0 Å². The molecule has 1 aliphatic heterocycles. The molecule has 0 radical (unpaired) electrons. The molecule has 0 amide bonds. The summed E-state index contributed by atoms with van der Waals surface area (Å²) in [7, 11) is -3.71. The van der Waals surface area contributed by atoms with E-state index in [1.54, 1.807) is 0 Å². The van der Waals surface area contributed by atoms with Crippen LogP contribution in [0.1, 0.15) is 0 Å². The number of benzene rings is 1. The maximum absolute atomic E-state index is 11.5. The Labute approximate surface area is 104 Å². The third-order valence-electron chi connectivity index (χ3n) is 2.32. The molecule has 2 rings (SSSR count). The Bertz CT molecular complexity index is 582. The Morgan fingerprint density at radius 1 is 1.39 bits per heavy atom. The normalized spacial score (nSPS) is 13.4. The van der Waals surface area contributed by atoms with Gasteiger partial charge in [-0.1, -0.05) is 0 Å². The van der Waals surface area contributed by atoms with E-state index < -0.39 is 22.5 Å². The van der Waals surface area contributed by atoms with Crippen molar-refractivity contribution in [1.29, 1.82) is 0 Å². The molecular formula is C10H10NO6S-. The average Bonchev–Trinajstić information content (AvgIpc) is 2.70. The van der Waals surface area contributed by atoms with Gasteiger partial charge in [0.2, 0.25) is 16.8 Å². The number of fused-ring (bicyclic) bond motifs is 1. The van der Waals surface area contributed by atoms with Crippen LogP contribution in [0.5, 0.6) is 11.5 Å². The number of anilines is 1. The molecule has 1 aromatic rings. The molecule has 0 spiro atoms. The molecule has 1 aliphatic rings. The number of carboxylic acids is 1. The Balaban J connectivity index is 2.40. The highest BCUT2D eigenvalue weighted by molar-refractivity contribution is 7.92. The van der Waals surface area contributed by atoms with Crippen molar-refractivity contribution in [3.63, 3.8) is 0 Å². The number of rotatable bonds is 4. The number of carbonyl (C=O) groups excluding carboxylic acids is 1. The molecule has 0 unspecified atom stereocenters. The van der Waals surface area contributed by atoms with Crippen LogP contribution < -0.4 is 18.9 Å². The predicted molar refractivity (Wildman–Crippen MR) is 59.8 cm³/mol. The highest BCUT2D eigenvalue weighted by Crippen LogP contribution is 2.35. The predicted octanol–water partition coefficient (Wildman–Crippen LogP) is -1.07. The van der Waals surface area contributed by atoms with Gasteiger partial charge < -0.3 is 19.4 Å². The summed E-state index contributed by atoms with van der Waals surface area (Å²) in [5.41, 5.74) is 0.186. The van der Waals surface area contributed by atoms with Crippen molar-refractivity contribution in [1.82, 2.24) is 0 Å². The molecule has 0 N–H and O–H groups in total. The van der Waals surface area contributed by atoms with Crippen LogP contribution >= 0.6 is 0 Å². The molecule has 7 nitrogen and oxygen atoms in total. The number of nitrogens with zero attached hydrogens (tertiary/aromatic N) is 1. The first kappa shape index (κ1) is 12.5. The summed E-state index contributed by atoms with van der Waals surface area (Å²) in [5, 5.41) is 10.6. The Hall–Kier alpha value is -1.96. The first-order valence-corrected chi connectivity index (χ1v) is 6.80. The van der Waals surface area contributed by atoms with Gasteiger partial charge >= 0.3 is 0 Å². The SMILES string of the molecule is CS(=O)(=O)N(CC(=O)[O-])c1ccc2c(c1)OCO2. The molecule has 18 heavy (non-hydrogen) atoms. The molecule has 1 heterocycles. The van der Waals surface area contributed by atoms with Crippen molar-refractivity contribution in [2.45, 2.75) is 0 Å². The first-order chi connectivity index (χ1) is 8.38. The lowest BCUT2D eigenvalue weighted by Crippen LogP contribution is -2.41. The highest BCUT2D eigenvalue weighted by atomic mass is 32.2. The maximum atomic E-state index is 11.5. The monoisotopic (exact) mass is 272 g/mol. The minimum Gasteiger partial charge on any atom is -0.548 e. The summed E-state index contributed by atoms with van der Waals surface area (Å²) in [4.78, 5) is 10.6. The quantitative estimate of drug-likeness (QED) is 0.692. The Morgan fingerprint density at radius 3 is 2.67 bits per heavy atom. The van der Waals surface area contributed by atoms with Crippen LogP contribution in [0, 0.1) is 0 Å². The maximum Gasteiger partial charge on any atom is 0.232 e. The second kappa shape index (κ2) is 4.37. The fraction of sp³-hybridized carbons (Fsp3) is 0.300. The van der Waals surface area contributed by atoms with Crippen LogP contribution in [0.3, 0.4) is 0 Å². The molecule has 0 atom stereocenters. The lowest BCUT2D eigenvalue weighted by molar-refractivity contribution is -0.303. The van der Waals surface area contributed by atoms with Gasteiger partial charge in [0, 0.05) is 6.07 Å². The lowest BCUT2D eigenvalue weighted by atomic mass is 10.3. The first-order valence-electron chi connectivity index (χ1n) is 4.95. The number of hydrogen-bond acceptors (Lipinski definition) is 6. The molecule has 1 aromatic carbocycles. The van der Waals surface area contributed by atoms with Crippen molar-refractivity contribution < 1.29 is 27.8 Å². The third kappa shape index (κ3) is 2.48. The molecule has 0 bridgehead atoms. The van der Waals surface area contributed by atoms with Crippen molar-refractivity contribution in [3.8, 4) is 11.5 Å². The van der Waals surface area contributed by atoms with Gasteiger partial charge in [-0.25, -0.2) is 8.42 Å². The van der Waals surface area contributed by atoms with Crippen molar-refractivity contribution in [2.75, 3.05) is 23.9 Å². The van der Waals surface area contributed by atoms with Crippen molar-refractivity contribution in [2.24, 2.45) is 0 Å². The van der Waals surface area contributed by atoms with E-state index in [0.717, 1.165) is 10.6 Å². The minimum atomic E-state index is -3.71. The average molecular weight is 272 g/mol. The van der Waals surface area contributed by atoms with Gasteiger partial charge in [-0.2, -0.15) is 0 Å². The van der Waals surface area contributed by atoms with Gasteiger partial charge in [0.1, 0.15) is 0 Å². The van der Waals surface area contributed by atoms with Crippen LogP contribution in [0.25, 0.3) is 0 Å². The summed E-state index contributed by atoms with van der Waals surface area (Å²) >= 11 is 0. The molecule has 8 heteroatoms. The second-order valence-electron chi connectivity index (χ2n) is 3.68. The van der Waals surface area contributed by atoms with Crippen LogP contribution in [-0.4, -0.2) is 34.0 Å². The largest absolute Gasteiger partial charge is 0.548 e. The lowest BCUT2D eigenvalue weighted by Gasteiger charge is -2.22. The molecule has 0 fully saturated rings. The number of hydrogen-bond donors (Lipinski definition) is 0. The zero-order valence-electron chi connectivity index (χ0n) is 9.45. The van der Waals surface area contributed by atoms with Crippen molar-refractivity contribution in [3.05, 3.63) is 18.2 Å². The molecule has 98 valence electrons. The van der Waals surface area contributed by atoms with E-state index in [1.165, 1.54) is 18.2 Å². The standard InChI is InChI=1S/C10H11NO6S/c1-18(14,15)11(5-10(12)13)7-2-3-8-9(4-7)17-6-16-8/h2-4H,5-6H2,1H3,(H,12,13)/p-1. The fourth-order valence-electron chi connectivity index (χ4n) is 1.56. The number of aliphatic carboxylic acids is 1. The Morgan fingerprint density at radius 2 is 2.06 bits per heavy atom. The minimum absolute atomic E-state index is 0.0537. The summed E-state index contributed by atoms with van der Waals surface area (Å²) in [6, 6.07) is 4.37. The zero-order chi connectivity index (χ0) is 13.3. The summed E-state index contributed by atoms with van der Waals surface area (Å²) in [6.07, 6.45) is 0.917. The van der Waals surface area contributed by atoms with Gasteiger partial charge in [-0.3, -0.25) is 4.31 Å². The molecule has 0 aromatic heterocycles. The number of carbonyl (C=O) groups is 1. The molecular weight excluding hydrogens is 262 g/mol. The van der Waals surface area contributed by atoms with E-state index in [1.807, 2.05) is 0 Å². The highest BCUT2D eigenvalue weighted by Gasteiger charge is 2.21. The number of carboxylic acid groups (broad SMARTS) is 1. The van der Waals surface area contributed by atoms with Crippen molar-refractivity contribution >= 4 is 21.7 Å². The van der Waals surface area contributed by atoms with E-state index in [-0.39, 0.29) is 12.5 Å². The number of sulfonamides is 1.